The van der Waals surface area contributed by atoms with Gasteiger partial charge in [-0.3, -0.25) is 4.31 Å². The molecule has 0 aromatic heterocycles. The maximum Gasteiger partial charge on any atom is 0.232 e. The van der Waals surface area contributed by atoms with Gasteiger partial charge in [0.25, 0.3) is 0 Å². The van der Waals surface area contributed by atoms with E-state index in [2.05, 4.69) is 12.1 Å². The van der Waals surface area contributed by atoms with Crippen molar-refractivity contribution < 1.29 is 13.2 Å². The molecule has 0 bridgehead atoms. The van der Waals surface area contributed by atoms with Crippen molar-refractivity contribution in [3.8, 4) is 0 Å². The smallest absolute Gasteiger partial charge is 0.232 e. The summed E-state index contributed by atoms with van der Waals surface area (Å²) < 4.78 is 30.3. The Morgan fingerprint density at radius 3 is 2.58 bits per heavy atom. The Kier molecular flexibility index (Phi) is 4.27. The van der Waals surface area contributed by atoms with Gasteiger partial charge in [-0.05, 0) is 24.0 Å². The second-order valence-corrected chi connectivity index (χ2v) is 6.59. The lowest BCUT2D eigenvalue weighted by Crippen LogP contribution is -2.34. The molecule has 104 valence electrons. The molecule has 4 nitrogen and oxygen atoms in total. The van der Waals surface area contributed by atoms with Crippen LogP contribution in [0.3, 0.4) is 0 Å². The van der Waals surface area contributed by atoms with E-state index in [1.165, 1.54) is 21.7 Å². The van der Waals surface area contributed by atoms with Crippen LogP contribution in [0.15, 0.2) is 36.0 Å². The normalized spacial score (nSPS) is 19.1. The number of rotatable bonds is 3. The lowest BCUT2D eigenvalue weighted by atomic mass is 10.00. The Morgan fingerprint density at radius 1 is 1.26 bits per heavy atom. The third kappa shape index (κ3) is 3.36. The molecule has 0 radical (unpaired) electrons. The van der Waals surface area contributed by atoms with Gasteiger partial charge in [-0.25, -0.2) is 8.42 Å². The van der Waals surface area contributed by atoms with Crippen LogP contribution in [0.1, 0.15) is 11.1 Å². The van der Waals surface area contributed by atoms with E-state index in [9.17, 15) is 8.42 Å². The van der Waals surface area contributed by atoms with E-state index in [-0.39, 0.29) is 0 Å². The highest BCUT2D eigenvalue weighted by molar-refractivity contribution is 7.88. The van der Waals surface area contributed by atoms with Crippen molar-refractivity contribution in [3.05, 3.63) is 47.2 Å². The predicted octanol–water partition coefficient (Wildman–Crippen LogP) is 1.58. The average molecular weight is 281 g/mol. The number of benzene rings is 1. The summed E-state index contributed by atoms with van der Waals surface area (Å²) in [4.78, 5) is 0. The van der Waals surface area contributed by atoms with Crippen molar-refractivity contribution in [2.75, 3.05) is 26.5 Å². The third-order valence-electron chi connectivity index (χ3n) is 3.27. The summed E-state index contributed by atoms with van der Waals surface area (Å²) in [6.45, 7) is 0.778. The van der Waals surface area contributed by atoms with Crippen LogP contribution in [0.5, 0.6) is 0 Å². The van der Waals surface area contributed by atoms with Crippen LogP contribution in [-0.4, -0.2) is 39.2 Å². The van der Waals surface area contributed by atoms with Crippen LogP contribution in [0, 0.1) is 0 Å². The Balaban J connectivity index is 2.37. The van der Waals surface area contributed by atoms with Crippen LogP contribution in [0.4, 0.5) is 0 Å². The highest BCUT2D eigenvalue weighted by atomic mass is 32.2. The van der Waals surface area contributed by atoms with Crippen LogP contribution < -0.4 is 0 Å². The SMILES string of the molecule is COC/C1=C/Cc2ccccc2CCN1S(C)(=O)=O. The Bertz CT molecular complexity index is 578. The molecule has 1 aliphatic rings. The number of fused-ring (bicyclic) bond motifs is 1. The third-order valence-corrected chi connectivity index (χ3v) is 4.49. The monoisotopic (exact) mass is 281 g/mol. The molecule has 5 heteroatoms. The van der Waals surface area contributed by atoms with Gasteiger partial charge in [0.1, 0.15) is 0 Å². The van der Waals surface area contributed by atoms with E-state index in [1.807, 2.05) is 18.2 Å². The predicted molar refractivity (Wildman–Crippen MR) is 75.4 cm³/mol. The number of nitrogens with zero attached hydrogens (tertiary/aromatic N) is 1. The molecule has 0 fully saturated rings. The molecule has 0 atom stereocenters. The molecule has 0 saturated carbocycles. The van der Waals surface area contributed by atoms with Gasteiger partial charge in [-0.2, -0.15) is 0 Å². The zero-order valence-corrected chi connectivity index (χ0v) is 12.1. The molecule has 0 aliphatic carbocycles. The topological polar surface area (TPSA) is 46.6 Å². The van der Waals surface area contributed by atoms with Gasteiger partial charge < -0.3 is 4.74 Å². The van der Waals surface area contributed by atoms with Crippen molar-refractivity contribution >= 4 is 10.0 Å². The molecule has 19 heavy (non-hydrogen) atoms. The minimum Gasteiger partial charge on any atom is -0.378 e. The fraction of sp³-hybridized carbons (Fsp3) is 0.429. The van der Waals surface area contributed by atoms with E-state index in [0.29, 0.717) is 13.2 Å². The molecule has 1 aromatic carbocycles. The number of hydrogen-bond acceptors (Lipinski definition) is 3. The molecule has 1 aliphatic heterocycles. The van der Waals surface area contributed by atoms with E-state index in [1.54, 1.807) is 7.11 Å². The summed E-state index contributed by atoms with van der Waals surface area (Å²) in [5, 5.41) is 0. The van der Waals surface area contributed by atoms with Crippen molar-refractivity contribution in [1.82, 2.24) is 4.31 Å². The van der Waals surface area contributed by atoms with Crippen molar-refractivity contribution in [1.29, 1.82) is 0 Å². The molecule has 2 rings (SSSR count). The highest BCUT2D eigenvalue weighted by Gasteiger charge is 2.21. The number of methoxy groups -OCH3 is 1. The maximum atomic E-state index is 11.9. The summed E-state index contributed by atoms with van der Waals surface area (Å²) in [6, 6.07) is 8.15. The first-order valence-corrected chi connectivity index (χ1v) is 8.09. The number of ether oxygens (including phenoxy) is 1. The fourth-order valence-electron chi connectivity index (χ4n) is 2.35. The van der Waals surface area contributed by atoms with Crippen LogP contribution in [0.25, 0.3) is 0 Å². The van der Waals surface area contributed by atoms with Gasteiger partial charge in [0.05, 0.1) is 18.6 Å². The van der Waals surface area contributed by atoms with E-state index in [0.717, 1.165) is 18.5 Å². The highest BCUT2D eigenvalue weighted by Crippen LogP contribution is 2.20. The number of allylic oxidation sites excluding steroid dienone is 1. The zero-order valence-electron chi connectivity index (χ0n) is 11.3. The summed E-state index contributed by atoms with van der Waals surface area (Å²) >= 11 is 0. The van der Waals surface area contributed by atoms with Gasteiger partial charge in [-0.15, -0.1) is 0 Å². The van der Waals surface area contributed by atoms with Gasteiger partial charge >= 0.3 is 0 Å². The lowest BCUT2D eigenvalue weighted by Gasteiger charge is -2.27. The Morgan fingerprint density at radius 2 is 1.95 bits per heavy atom. The van der Waals surface area contributed by atoms with E-state index >= 15 is 0 Å². The van der Waals surface area contributed by atoms with E-state index in [4.69, 9.17) is 4.74 Å². The molecule has 1 heterocycles. The molecule has 1 aromatic rings. The first kappa shape index (κ1) is 14.1. The van der Waals surface area contributed by atoms with E-state index < -0.39 is 10.0 Å². The standard InChI is InChI=1S/C14H19NO3S/c1-18-11-14-8-7-12-5-3-4-6-13(12)9-10-15(14)19(2,16)17/h3-6,8H,7,9-11H2,1-2H3/b14-8-. The van der Waals surface area contributed by atoms with Crippen LogP contribution in [-0.2, 0) is 27.6 Å². The molecule has 0 N–H and O–H groups in total. The quantitative estimate of drug-likeness (QED) is 0.845. The first-order chi connectivity index (χ1) is 9.02. The Labute approximate surface area is 114 Å². The van der Waals surface area contributed by atoms with Crippen LogP contribution in [0.2, 0.25) is 0 Å². The van der Waals surface area contributed by atoms with Gasteiger partial charge in [-0.1, -0.05) is 30.3 Å². The molecule has 0 unspecified atom stereocenters. The van der Waals surface area contributed by atoms with Gasteiger partial charge in [0.15, 0.2) is 0 Å². The largest absolute Gasteiger partial charge is 0.378 e. The molecular formula is C14H19NO3S. The van der Waals surface area contributed by atoms with Crippen molar-refractivity contribution in [3.63, 3.8) is 0 Å². The summed E-state index contributed by atoms with van der Waals surface area (Å²) in [6.07, 6.45) is 4.65. The lowest BCUT2D eigenvalue weighted by molar-refractivity contribution is 0.207. The summed E-state index contributed by atoms with van der Waals surface area (Å²) in [5.74, 6) is 0. The molecule has 0 spiro atoms. The summed E-state index contributed by atoms with van der Waals surface area (Å²) in [5.41, 5.74) is 3.19. The minimum atomic E-state index is -3.25. The minimum absolute atomic E-state index is 0.315. The fourth-order valence-corrected chi connectivity index (χ4v) is 3.33. The number of sulfonamides is 1. The van der Waals surface area contributed by atoms with Crippen molar-refractivity contribution in [2.24, 2.45) is 0 Å². The average Bonchev–Trinajstić information content (AvgIpc) is 2.32. The van der Waals surface area contributed by atoms with Gasteiger partial charge in [0.2, 0.25) is 10.0 Å². The Hall–Kier alpha value is -1.33. The first-order valence-electron chi connectivity index (χ1n) is 6.25. The molecular weight excluding hydrogens is 262 g/mol. The zero-order chi connectivity index (χ0) is 13.9. The number of hydrogen-bond donors (Lipinski definition) is 0. The molecule has 0 saturated heterocycles. The second-order valence-electron chi connectivity index (χ2n) is 4.69. The van der Waals surface area contributed by atoms with Crippen molar-refractivity contribution in [2.45, 2.75) is 12.8 Å². The van der Waals surface area contributed by atoms with Gasteiger partial charge in [0, 0.05) is 13.7 Å². The maximum absolute atomic E-state index is 11.9. The summed E-state index contributed by atoms with van der Waals surface area (Å²) in [7, 11) is -1.68. The van der Waals surface area contributed by atoms with Crippen LogP contribution >= 0.6 is 0 Å². The molecule has 0 amide bonds. The second kappa shape index (κ2) is 5.75.